The first kappa shape index (κ1) is 10.4. The third kappa shape index (κ3) is 2.40. The van der Waals surface area contributed by atoms with Gasteiger partial charge in [-0.2, -0.15) is 0 Å². The molecule has 0 radical (unpaired) electrons. The number of carbonyl (C=O) groups excluding carboxylic acids is 1. The smallest absolute Gasteiger partial charge is 0.269 e. The van der Waals surface area contributed by atoms with Gasteiger partial charge in [0.25, 0.3) is 5.69 Å². The minimum absolute atomic E-state index is 0.00989. The molecule has 0 bridgehead atoms. The molecule has 0 saturated carbocycles. The Morgan fingerprint density at radius 2 is 1.93 bits per heavy atom. The molecule has 0 aliphatic rings. The van der Waals surface area contributed by atoms with Crippen LogP contribution in [0, 0.1) is 10.1 Å². The molecule has 0 atom stereocenters. The minimum atomic E-state index is -0.499. The molecule has 1 aromatic carbocycles. The van der Waals surface area contributed by atoms with Crippen molar-refractivity contribution in [2.45, 2.75) is 0 Å². The maximum Gasteiger partial charge on any atom is 0.269 e. The lowest BCUT2D eigenvalue weighted by Gasteiger charge is -1.96. The lowest BCUT2D eigenvalue weighted by molar-refractivity contribution is -0.384. The second-order valence-electron chi connectivity index (χ2n) is 2.45. The predicted molar refractivity (Wildman–Crippen MR) is 53.0 cm³/mol. The van der Waals surface area contributed by atoms with Crippen molar-refractivity contribution in [3.05, 3.63) is 46.0 Å². The van der Waals surface area contributed by atoms with E-state index in [1.54, 1.807) is 0 Å². The number of non-ortho nitro benzene ring substituents is 1. The van der Waals surface area contributed by atoms with E-state index in [-0.39, 0.29) is 10.7 Å². The molecule has 72 valence electrons. The molecule has 14 heavy (non-hydrogen) atoms. The number of aldehydes is 1. The van der Waals surface area contributed by atoms with Crippen molar-refractivity contribution in [2.24, 2.45) is 0 Å². The molecule has 0 unspecified atom stereocenters. The number of hydrogen-bond donors (Lipinski definition) is 0. The average Bonchev–Trinajstić information content (AvgIpc) is 2.18. The molecule has 0 amide bonds. The number of nitro benzene ring substituents is 1. The number of hydrogen-bond acceptors (Lipinski definition) is 3. The highest BCUT2D eigenvalue weighted by Crippen LogP contribution is 2.20. The van der Waals surface area contributed by atoms with Crippen LogP contribution < -0.4 is 0 Å². The fraction of sp³-hybridized carbons (Fsp3) is 0. The molecule has 1 aromatic rings. The molecule has 4 nitrogen and oxygen atoms in total. The number of halogens is 1. The van der Waals surface area contributed by atoms with E-state index in [0.29, 0.717) is 11.8 Å². The molecule has 5 heteroatoms. The fourth-order valence-corrected chi connectivity index (χ4v) is 1.08. The molecule has 1 rings (SSSR count). The zero-order valence-corrected chi connectivity index (χ0v) is 7.77. The van der Waals surface area contributed by atoms with Crippen molar-refractivity contribution in [3.63, 3.8) is 0 Å². The Bertz CT molecular complexity index is 384. The van der Waals surface area contributed by atoms with Crippen molar-refractivity contribution >= 4 is 28.6 Å². The van der Waals surface area contributed by atoms with Crippen LogP contribution in [0.2, 0.25) is 0 Å². The monoisotopic (exact) mass is 211 g/mol. The molecule has 0 aromatic heterocycles. The lowest BCUT2D eigenvalue weighted by Crippen LogP contribution is -1.87. The van der Waals surface area contributed by atoms with E-state index in [4.69, 9.17) is 11.6 Å². The number of benzene rings is 1. The molecule has 0 aliphatic carbocycles. The average molecular weight is 212 g/mol. The van der Waals surface area contributed by atoms with E-state index in [1.165, 1.54) is 30.3 Å². The number of rotatable bonds is 3. The molecule has 0 fully saturated rings. The maximum absolute atomic E-state index is 10.3. The van der Waals surface area contributed by atoms with Crippen molar-refractivity contribution in [2.75, 3.05) is 0 Å². The number of nitro groups is 1. The maximum atomic E-state index is 10.3. The van der Waals surface area contributed by atoms with Gasteiger partial charge in [-0.1, -0.05) is 11.6 Å². The molecule has 0 saturated heterocycles. The van der Waals surface area contributed by atoms with Crippen molar-refractivity contribution < 1.29 is 9.72 Å². The third-order valence-electron chi connectivity index (χ3n) is 1.57. The van der Waals surface area contributed by atoms with Crippen molar-refractivity contribution in [1.82, 2.24) is 0 Å². The highest BCUT2D eigenvalue weighted by molar-refractivity contribution is 6.49. The Morgan fingerprint density at radius 3 is 2.36 bits per heavy atom. The Balaban J connectivity index is 2.99. The third-order valence-corrected chi connectivity index (χ3v) is 1.91. The molecule has 0 N–H and O–H groups in total. The second-order valence-corrected chi connectivity index (χ2v) is 2.86. The summed E-state index contributed by atoms with van der Waals surface area (Å²) >= 11 is 5.70. The lowest BCUT2D eigenvalue weighted by atomic mass is 10.2. The highest BCUT2D eigenvalue weighted by atomic mass is 35.5. The van der Waals surface area contributed by atoms with Gasteiger partial charge >= 0.3 is 0 Å². The van der Waals surface area contributed by atoms with Gasteiger partial charge < -0.3 is 0 Å². The standard InChI is InChI=1S/C9H6ClNO3/c10-9(5-6-12)7-1-3-8(4-2-7)11(13)14/h1-6H/b9-5-. The first-order valence-corrected chi connectivity index (χ1v) is 4.08. The van der Waals surface area contributed by atoms with Gasteiger partial charge in [-0.05, 0) is 23.8 Å². The quantitative estimate of drug-likeness (QED) is 0.334. The zero-order valence-electron chi connectivity index (χ0n) is 7.01. The Labute approximate surface area is 85.0 Å². The van der Waals surface area contributed by atoms with Gasteiger partial charge in [0.05, 0.1) is 9.96 Å². The van der Waals surface area contributed by atoms with Crippen LogP contribution in [0.1, 0.15) is 5.56 Å². The van der Waals surface area contributed by atoms with Gasteiger partial charge in [0, 0.05) is 12.1 Å². The number of carbonyl (C=O) groups is 1. The predicted octanol–water partition coefficient (Wildman–Crippen LogP) is 2.37. The molecular formula is C9H6ClNO3. The SMILES string of the molecule is O=C/C=C(\Cl)c1ccc([N+](=O)[O-])cc1. The van der Waals surface area contributed by atoms with Crippen LogP contribution in [0.25, 0.3) is 5.03 Å². The van der Waals surface area contributed by atoms with Crippen LogP contribution in [-0.2, 0) is 4.79 Å². The van der Waals surface area contributed by atoms with Gasteiger partial charge in [-0.3, -0.25) is 14.9 Å². The van der Waals surface area contributed by atoms with E-state index in [9.17, 15) is 14.9 Å². The van der Waals surface area contributed by atoms with Crippen molar-refractivity contribution in [1.29, 1.82) is 0 Å². The van der Waals surface area contributed by atoms with Gasteiger partial charge in [0.15, 0.2) is 0 Å². The summed E-state index contributed by atoms with van der Waals surface area (Å²) in [6, 6.07) is 5.63. The summed E-state index contributed by atoms with van der Waals surface area (Å²) in [7, 11) is 0. The van der Waals surface area contributed by atoms with Crippen LogP contribution in [0.4, 0.5) is 5.69 Å². The second kappa shape index (κ2) is 4.53. The topological polar surface area (TPSA) is 60.2 Å². The summed E-state index contributed by atoms with van der Waals surface area (Å²) in [6.07, 6.45) is 1.74. The molecule has 0 spiro atoms. The summed E-state index contributed by atoms with van der Waals surface area (Å²) in [5.41, 5.74) is 0.564. The normalized spacial score (nSPS) is 11.1. The van der Waals surface area contributed by atoms with E-state index in [0.717, 1.165) is 0 Å². The van der Waals surface area contributed by atoms with E-state index >= 15 is 0 Å². The van der Waals surface area contributed by atoms with Gasteiger partial charge in [0.2, 0.25) is 0 Å². The van der Waals surface area contributed by atoms with Crippen LogP contribution in [0.3, 0.4) is 0 Å². The van der Waals surface area contributed by atoms with Crippen LogP contribution in [0.15, 0.2) is 30.3 Å². The van der Waals surface area contributed by atoms with E-state index in [1.807, 2.05) is 0 Å². The molecule has 0 aliphatic heterocycles. The first-order valence-electron chi connectivity index (χ1n) is 3.71. The van der Waals surface area contributed by atoms with Crippen molar-refractivity contribution in [3.8, 4) is 0 Å². The largest absolute Gasteiger partial charge is 0.299 e. The Kier molecular flexibility index (Phi) is 3.36. The van der Waals surface area contributed by atoms with Gasteiger partial charge in [-0.25, -0.2) is 0 Å². The Morgan fingerprint density at radius 1 is 1.36 bits per heavy atom. The summed E-state index contributed by atoms with van der Waals surface area (Å²) in [5, 5.41) is 10.6. The molecule has 0 heterocycles. The summed E-state index contributed by atoms with van der Waals surface area (Å²) in [5.74, 6) is 0. The first-order chi connectivity index (χ1) is 6.65. The van der Waals surface area contributed by atoms with Crippen LogP contribution in [0.5, 0.6) is 0 Å². The van der Waals surface area contributed by atoms with Gasteiger partial charge in [0.1, 0.15) is 6.29 Å². The fourth-order valence-electron chi connectivity index (χ4n) is 0.898. The summed E-state index contributed by atoms with van der Waals surface area (Å²) < 4.78 is 0. The molecular weight excluding hydrogens is 206 g/mol. The van der Waals surface area contributed by atoms with Crippen LogP contribution >= 0.6 is 11.6 Å². The van der Waals surface area contributed by atoms with E-state index in [2.05, 4.69) is 0 Å². The number of allylic oxidation sites excluding steroid dienone is 1. The zero-order chi connectivity index (χ0) is 10.6. The van der Waals surface area contributed by atoms with Crippen LogP contribution in [-0.4, -0.2) is 11.2 Å². The highest BCUT2D eigenvalue weighted by Gasteiger charge is 2.04. The Hall–Kier alpha value is -1.68. The summed E-state index contributed by atoms with van der Waals surface area (Å²) in [6.45, 7) is 0. The van der Waals surface area contributed by atoms with Gasteiger partial charge in [-0.15, -0.1) is 0 Å². The van der Waals surface area contributed by atoms with E-state index < -0.39 is 4.92 Å². The number of nitrogens with zero attached hydrogens (tertiary/aromatic N) is 1. The summed E-state index contributed by atoms with van der Waals surface area (Å²) in [4.78, 5) is 19.9. The minimum Gasteiger partial charge on any atom is -0.299 e.